The van der Waals surface area contributed by atoms with Crippen molar-refractivity contribution in [2.45, 2.75) is 147 Å². The Morgan fingerprint density at radius 3 is 2.45 bits per heavy atom. The molecule has 8 atom stereocenters. The van der Waals surface area contributed by atoms with Crippen LogP contribution in [0.4, 0.5) is 9.59 Å². The van der Waals surface area contributed by atoms with Crippen molar-refractivity contribution in [2.24, 2.45) is 17.3 Å². The van der Waals surface area contributed by atoms with Gasteiger partial charge in [-0.1, -0.05) is 63.1 Å². The van der Waals surface area contributed by atoms with Crippen molar-refractivity contribution in [1.82, 2.24) is 20.4 Å². The van der Waals surface area contributed by atoms with Crippen molar-refractivity contribution in [3.8, 4) is 0 Å². The zero-order valence-corrected chi connectivity index (χ0v) is 33.3. The fourth-order valence-corrected chi connectivity index (χ4v) is 9.75. The maximum atomic E-state index is 14.6. The molecular weight excluding hydrogens is 703 g/mol. The normalized spacial score (nSPS) is 34.4. The number of hydrogen-bond donors (Lipinski definition) is 2. The first-order valence-corrected chi connectivity index (χ1v) is 20.3. The maximum absolute atomic E-state index is 14.6. The molecule has 3 saturated carbocycles. The van der Waals surface area contributed by atoms with E-state index in [1.807, 2.05) is 30.3 Å². The smallest absolute Gasteiger partial charge is 0.444 e. The van der Waals surface area contributed by atoms with Gasteiger partial charge in [0.2, 0.25) is 11.8 Å². The van der Waals surface area contributed by atoms with Crippen molar-refractivity contribution < 1.29 is 42.7 Å². The summed E-state index contributed by atoms with van der Waals surface area (Å²) >= 11 is 0. The van der Waals surface area contributed by atoms with E-state index in [0.29, 0.717) is 31.3 Å². The van der Waals surface area contributed by atoms with Gasteiger partial charge in [-0.2, -0.15) is 0 Å². The van der Waals surface area contributed by atoms with Crippen LogP contribution in [-0.2, 0) is 46.2 Å². The Hall–Kier alpha value is -3.62. The summed E-state index contributed by atoms with van der Waals surface area (Å²) in [6.45, 7) is 12.9. The monoisotopic (exact) mass is 762 g/mol. The number of nitrogens with one attached hydrogen (secondary N) is 2. The molecule has 2 N–H and O–H groups in total. The summed E-state index contributed by atoms with van der Waals surface area (Å²) in [4.78, 5) is 58.6. The summed E-state index contributed by atoms with van der Waals surface area (Å²) in [5, 5.41) is 5.94. The van der Waals surface area contributed by atoms with Crippen molar-refractivity contribution in [2.75, 3.05) is 19.8 Å². The summed E-state index contributed by atoms with van der Waals surface area (Å²) < 4.78 is 30.9. The molecule has 1 aromatic carbocycles. The minimum atomic E-state index is -1.16. The Balaban J connectivity index is 1.13. The molecular formula is C41H59BN4O9. The fourth-order valence-electron chi connectivity index (χ4n) is 9.75. The van der Waals surface area contributed by atoms with Crippen LogP contribution in [0.3, 0.4) is 0 Å². The molecule has 0 radical (unpaired) electrons. The van der Waals surface area contributed by atoms with Crippen molar-refractivity contribution in [3.63, 3.8) is 0 Å². The third-order valence-electron chi connectivity index (χ3n) is 12.9. The van der Waals surface area contributed by atoms with E-state index in [4.69, 9.17) is 23.5 Å². The van der Waals surface area contributed by atoms with Gasteiger partial charge in [0.05, 0.1) is 37.4 Å². The van der Waals surface area contributed by atoms with Gasteiger partial charge in [0.15, 0.2) is 0 Å². The van der Waals surface area contributed by atoms with E-state index in [2.05, 4.69) is 37.5 Å². The quantitative estimate of drug-likeness (QED) is 0.310. The third kappa shape index (κ3) is 8.42. The molecule has 1 aromatic rings. The molecule has 5 fully saturated rings. The molecule has 8 rings (SSSR count). The van der Waals surface area contributed by atoms with Crippen LogP contribution in [-0.4, -0.2) is 102 Å². The second-order valence-electron chi connectivity index (χ2n) is 18.2. The standard InChI is InChI=1S/C41H59BN4O9/c1-39(2,3)53-37(49)43-30-25-51-18-14-10-8-7-9-11-17-34(42-54-33-20-28-19-32(40(28,4)5)41(33,6)55-42)44-35(47)31-21-29(24-46(31)36(30)48)52-38(50)45-22-26-15-12-13-16-27(26)23-45/h10,12-16,28-34H,7-9,11,17-25H2,1-6H3,(H,43,49)(H,44,47)/b14-10+/t28?,29-,30+,31+,32?,33?,34-,41?/m1/s1. The molecule has 55 heavy (non-hydrogen) atoms. The lowest BCUT2D eigenvalue weighted by atomic mass is 9.43. The molecule has 0 spiro atoms. The number of amides is 4. The van der Waals surface area contributed by atoms with Crippen LogP contribution < -0.4 is 10.6 Å². The molecule has 7 aliphatic rings. The Morgan fingerprint density at radius 1 is 1.00 bits per heavy atom. The number of benzene rings is 1. The summed E-state index contributed by atoms with van der Waals surface area (Å²) in [6, 6.07) is 5.71. The van der Waals surface area contributed by atoms with Crippen molar-refractivity contribution in [1.29, 1.82) is 0 Å². The number of carbonyl (C=O) groups excluding carboxylic acids is 4. The lowest BCUT2D eigenvalue weighted by Crippen LogP contribution is -2.65. The highest BCUT2D eigenvalue weighted by Gasteiger charge is 2.68. The summed E-state index contributed by atoms with van der Waals surface area (Å²) in [5.74, 6) is -0.422. The molecule has 4 unspecified atom stereocenters. The van der Waals surface area contributed by atoms with Crippen LogP contribution in [0.5, 0.6) is 0 Å². The number of nitrogens with zero attached hydrogens (tertiary/aromatic N) is 2. The summed E-state index contributed by atoms with van der Waals surface area (Å²) in [7, 11) is -0.637. The maximum Gasteiger partial charge on any atom is 0.481 e. The molecule has 14 heteroatoms. The van der Waals surface area contributed by atoms with Gasteiger partial charge < -0.3 is 39.1 Å². The molecule has 300 valence electrons. The SMILES string of the molecule is CC(C)(C)OC(=O)N[C@H]1COC/C=C/CCCCC[C@H](B2OC3CC4CC(C4(C)C)C3(C)O2)NC(=O)[C@@H]2C[C@@H](OC(=O)N3Cc4ccccc4C3)CN2C1=O. The molecule has 4 heterocycles. The lowest BCUT2D eigenvalue weighted by Gasteiger charge is -2.64. The van der Waals surface area contributed by atoms with Crippen LogP contribution in [0.1, 0.15) is 104 Å². The average molecular weight is 763 g/mol. The number of allylic oxidation sites excluding steroid dienone is 1. The lowest BCUT2D eigenvalue weighted by molar-refractivity contribution is -0.199. The highest BCUT2D eigenvalue weighted by Crippen LogP contribution is 2.65. The average Bonchev–Trinajstić information content (AvgIpc) is 3.84. The van der Waals surface area contributed by atoms with Crippen LogP contribution in [0.25, 0.3) is 0 Å². The second kappa shape index (κ2) is 15.7. The summed E-state index contributed by atoms with van der Waals surface area (Å²) in [6.07, 6.45) is 8.29. The van der Waals surface area contributed by atoms with E-state index in [-0.39, 0.29) is 43.6 Å². The van der Waals surface area contributed by atoms with E-state index in [0.717, 1.165) is 49.7 Å². The van der Waals surface area contributed by atoms with Gasteiger partial charge in [-0.25, -0.2) is 9.59 Å². The fraction of sp³-hybridized carbons (Fsp3) is 0.707. The van der Waals surface area contributed by atoms with Crippen LogP contribution in [0.15, 0.2) is 36.4 Å². The topological polar surface area (TPSA) is 145 Å². The van der Waals surface area contributed by atoms with Crippen molar-refractivity contribution >= 4 is 31.1 Å². The van der Waals surface area contributed by atoms with E-state index in [9.17, 15) is 19.2 Å². The first-order valence-electron chi connectivity index (χ1n) is 20.3. The number of rotatable bonds is 3. The minimum absolute atomic E-state index is 0.0325. The predicted octanol–water partition coefficient (Wildman–Crippen LogP) is 5.29. The van der Waals surface area contributed by atoms with Gasteiger partial charge in [-0.15, -0.1) is 0 Å². The van der Waals surface area contributed by atoms with Gasteiger partial charge in [0, 0.05) is 19.5 Å². The van der Waals surface area contributed by atoms with E-state index in [1.54, 1.807) is 25.7 Å². The van der Waals surface area contributed by atoms with Crippen LogP contribution in [0, 0.1) is 17.3 Å². The molecule has 4 amide bonds. The predicted molar refractivity (Wildman–Crippen MR) is 204 cm³/mol. The second-order valence-corrected chi connectivity index (χ2v) is 18.2. The van der Waals surface area contributed by atoms with Gasteiger partial charge in [-0.3, -0.25) is 14.5 Å². The zero-order valence-electron chi connectivity index (χ0n) is 33.3. The molecule has 3 aliphatic carbocycles. The minimum Gasteiger partial charge on any atom is -0.444 e. The third-order valence-corrected chi connectivity index (χ3v) is 12.9. The van der Waals surface area contributed by atoms with Gasteiger partial charge in [-0.05, 0) is 88.2 Å². The number of ether oxygens (including phenoxy) is 3. The number of hydrogen-bond acceptors (Lipinski definition) is 9. The number of fused-ring (bicyclic) bond motifs is 2. The zero-order chi connectivity index (χ0) is 39.1. The van der Waals surface area contributed by atoms with Gasteiger partial charge >= 0.3 is 19.3 Å². The van der Waals surface area contributed by atoms with Gasteiger partial charge in [0.25, 0.3) is 0 Å². The highest BCUT2D eigenvalue weighted by molar-refractivity contribution is 6.48. The Morgan fingerprint density at radius 2 is 1.75 bits per heavy atom. The van der Waals surface area contributed by atoms with Crippen molar-refractivity contribution in [3.05, 3.63) is 47.5 Å². The highest BCUT2D eigenvalue weighted by atomic mass is 16.7. The van der Waals surface area contributed by atoms with E-state index in [1.165, 1.54) is 4.90 Å². The first-order chi connectivity index (χ1) is 26.1. The number of carbonyl (C=O) groups is 4. The largest absolute Gasteiger partial charge is 0.481 e. The van der Waals surface area contributed by atoms with E-state index < -0.39 is 60.5 Å². The Labute approximate surface area is 325 Å². The van der Waals surface area contributed by atoms with Gasteiger partial charge in [0.1, 0.15) is 23.8 Å². The molecule has 13 nitrogen and oxygen atoms in total. The van der Waals surface area contributed by atoms with Crippen LogP contribution in [0.2, 0.25) is 0 Å². The molecule has 2 saturated heterocycles. The molecule has 4 aliphatic heterocycles. The molecule has 0 aromatic heterocycles. The first kappa shape index (κ1) is 39.6. The molecule has 2 bridgehead atoms. The summed E-state index contributed by atoms with van der Waals surface area (Å²) in [5.41, 5.74) is 1.03. The number of alkyl carbamates (subject to hydrolysis) is 1. The van der Waals surface area contributed by atoms with Crippen LogP contribution >= 0.6 is 0 Å². The Kier molecular flexibility index (Phi) is 11.3. The van der Waals surface area contributed by atoms with E-state index >= 15 is 0 Å². The Bertz CT molecular complexity index is 1620.